The van der Waals surface area contributed by atoms with Crippen LogP contribution in [0.15, 0.2) is 23.1 Å². The average Bonchev–Trinajstić information content (AvgIpc) is 2.37. The molecule has 1 N–H and O–H groups in total. The molecule has 0 bridgehead atoms. The molecule has 19 heavy (non-hydrogen) atoms. The molecule has 4 nitrogen and oxygen atoms in total. The number of carbonyl (C=O) groups is 1. The van der Waals surface area contributed by atoms with Crippen LogP contribution in [0.25, 0.3) is 0 Å². The molecule has 104 valence electrons. The normalized spacial score (nSPS) is 20.2. The lowest BCUT2D eigenvalue weighted by molar-refractivity contribution is 0.0896. The number of piperidine rings is 1. The zero-order chi connectivity index (χ0) is 14.0. The first-order chi connectivity index (χ1) is 8.89. The number of carbonyl (C=O) groups excluding carboxylic acids is 1. The van der Waals surface area contributed by atoms with Crippen LogP contribution in [0.5, 0.6) is 0 Å². The fourth-order valence-corrected chi connectivity index (χ4v) is 3.36. The van der Waals surface area contributed by atoms with Crippen LogP contribution in [0.3, 0.4) is 0 Å². The summed E-state index contributed by atoms with van der Waals surface area (Å²) in [7, 11) is -3.43. The minimum Gasteiger partial charge on any atom is -0.316 e. The molecule has 1 aliphatic rings. The van der Waals surface area contributed by atoms with Crippen LogP contribution >= 0.6 is 11.6 Å². The molecule has 0 spiro atoms. The fourth-order valence-electron chi connectivity index (χ4n) is 2.31. The first-order valence-electron chi connectivity index (χ1n) is 6.14. The summed E-state index contributed by atoms with van der Waals surface area (Å²) in [4.78, 5) is 12.5. The highest BCUT2D eigenvalue weighted by molar-refractivity contribution is 7.90. The lowest BCUT2D eigenvalue weighted by atomic mass is 9.91. The van der Waals surface area contributed by atoms with Gasteiger partial charge in [0.05, 0.1) is 4.90 Å². The van der Waals surface area contributed by atoms with Crippen LogP contribution < -0.4 is 5.32 Å². The summed E-state index contributed by atoms with van der Waals surface area (Å²) in [5, 5.41) is 3.53. The van der Waals surface area contributed by atoms with Crippen LogP contribution in [0.4, 0.5) is 0 Å². The summed E-state index contributed by atoms with van der Waals surface area (Å²) in [6.45, 7) is 1.49. The SMILES string of the molecule is CS(=O)(=O)c1ccc(Cl)cc1C(=O)C1CCCNC1. The summed E-state index contributed by atoms with van der Waals surface area (Å²) < 4.78 is 23.5. The Morgan fingerprint density at radius 3 is 2.74 bits per heavy atom. The third-order valence-electron chi connectivity index (χ3n) is 3.27. The van der Waals surface area contributed by atoms with Crippen molar-refractivity contribution in [2.45, 2.75) is 17.7 Å². The smallest absolute Gasteiger partial charge is 0.176 e. The second-order valence-corrected chi connectivity index (χ2v) is 7.24. The Balaban J connectivity index is 2.42. The van der Waals surface area contributed by atoms with Crippen LogP contribution in [-0.4, -0.2) is 33.5 Å². The van der Waals surface area contributed by atoms with Crippen molar-refractivity contribution in [3.05, 3.63) is 28.8 Å². The second kappa shape index (κ2) is 5.61. The van der Waals surface area contributed by atoms with E-state index in [1.165, 1.54) is 18.2 Å². The molecule has 0 saturated carbocycles. The van der Waals surface area contributed by atoms with Crippen LogP contribution in [0, 0.1) is 5.92 Å². The van der Waals surface area contributed by atoms with E-state index in [2.05, 4.69) is 5.32 Å². The molecule has 1 aromatic carbocycles. The molecular formula is C13H16ClNO3S. The van der Waals surface area contributed by atoms with Crippen molar-refractivity contribution in [1.29, 1.82) is 0 Å². The summed E-state index contributed by atoms with van der Waals surface area (Å²) in [6, 6.07) is 4.35. The lowest BCUT2D eigenvalue weighted by Crippen LogP contribution is -2.34. The van der Waals surface area contributed by atoms with Crippen molar-refractivity contribution in [3.8, 4) is 0 Å². The van der Waals surface area contributed by atoms with Crippen LogP contribution in [0.2, 0.25) is 5.02 Å². The van der Waals surface area contributed by atoms with Gasteiger partial charge in [-0.1, -0.05) is 11.6 Å². The van der Waals surface area contributed by atoms with Crippen molar-refractivity contribution < 1.29 is 13.2 Å². The van der Waals surface area contributed by atoms with Gasteiger partial charge >= 0.3 is 0 Å². The summed E-state index contributed by atoms with van der Waals surface area (Å²) in [6.07, 6.45) is 2.80. The number of halogens is 1. The highest BCUT2D eigenvalue weighted by Gasteiger charge is 2.26. The largest absolute Gasteiger partial charge is 0.316 e. The molecule has 0 radical (unpaired) electrons. The molecule has 1 unspecified atom stereocenters. The van der Waals surface area contributed by atoms with E-state index in [1.807, 2.05) is 0 Å². The van der Waals surface area contributed by atoms with E-state index in [0.29, 0.717) is 11.6 Å². The Labute approximate surface area is 118 Å². The van der Waals surface area contributed by atoms with Gasteiger partial charge in [0, 0.05) is 29.3 Å². The number of rotatable bonds is 3. The molecule has 0 amide bonds. The van der Waals surface area contributed by atoms with Crippen molar-refractivity contribution in [3.63, 3.8) is 0 Å². The highest BCUT2D eigenvalue weighted by atomic mass is 35.5. The van der Waals surface area contributed by atoms with Crippen LogP contribution in [0.1, 0.15) is 23.2 Å². The van der Waals surface area contributed by atoms with Crippen LogP contribution in [-0.2, 0) is 9.84 Å². The first-order valence-corrected chi connectivity index (χ1v) is 8.41. The quantitative estimate of drug-likeness (QED) is 0.867. The van der Waals surface area contributed by atoms with Gasteiger partial charge in [0.2, 0.25) is 0 Å². The molecule has 1 saturated heterocycles. The Morgan fingerprint density at radius 2 is 2.16 bits per heavy atom. The Hall–Kier alpha value is -0.910. The van der Waals surface area contributed by atoms with E-state index in [9.17, 15) is 13.2 Å². The minimum atomic E-state index is -3.43. The number of nitrogens with one attached hydrogen (secondary N) is 1. The number of sulfone groups is 1. The fraction of sp³-hybridized carbons (Fsp3) is 0.462. The van der Waals surface area contributed by atoms with Crippen molar-refractivity contribution in [1.82, 2.24) is 5.32 Å². The maximum absolute atomic E-state index is 12.5. The van der Waals surface area contributed by atoms with Gasteiger partial charge in [-0.3, -0.25) is 4.79 Å². The maximum atomic E-state index is 12.5. The van der Waals surface area contributed by atoms with Gasteiger partial charge in [-0.2, -0.15) is 0 Å². The maximum Gasteiger partial charge on any atom is 0.176 e. The molecule has 0 aliphatic carbocycles. The van der Waals surface area contributed by atoms with Gasteiger partial charge in [-0.05, 0) is 37.6 Å². The van der Waals surface area contributed by atoms with E-state index in [0.717, 1.165) is 25.6 Å². The predicted octanol–water partition coefficient (Wildman–Crippen LogP) is 1.93. The topological polar surface area (TPSA) is 63.2 Å². The van der Waals surface area contributed by atoms with Crippen molar-refractivity contribution in [2.24, 2.45) is 5.92 Å². The van der Waals surface area contributed by atoms with Gasteiger partial charge < -0.3 is 5.32 Å². The summed E-state index contributed by atoms with van der Waals surface area (Å²) in [5.41, 5.74) is 0.212. The average molecular weight is 302 g/mol. The molecule has 1 atom stereocenters. The Bertz CT molecular complexity index is 592. The number of hydrogen-bond acceptors (Lipinski definition) is 4. The molecule has 6 heteroatoms. The van der Waals surface area contributed by atoms with Crippen molar-refractivity contribution in [2.75, 3.05) is 19.3 Å². The molecule has 1 aliphatic heterocycles. The van der Waals surface area contributed by atoms with Gasteiger partial charge in [0.15, 0.2) is 15.6 Å². The number of ketones is 1. The van der Waals surface area contributed by atoms with Gasteiger partial charge in [0.1, 0.15) is 0 Å². The Kier molecular flexibility index (Phi) is 4.28. The van der Waals surface area contributed by atoms with Gasteiger partial charge in [-0.15, -0.1) is 0 Å². The second-order valence-electron chi connectivity index (χ2n) is 4.82. The van der Waals surface area contributed by atoms with E-state index in [-0.39, 0.29) is 22.2 Å². The van der Waals surface area contributed by atoms with Crippen molar-refractivity contribution >= 4 is 27.2 Å². The number of benzene rings is 1. The van der Waals surface area contributed by atoms with E-state index < -0.39 is 9.84 Å². The van der Waals surface area contributed by atoms with E-state index >= 15 is 0 Å². The van der Waals surface area contributed by atoms with Gasteiger partial charge in [-0.25, -0.2) is 8.42 Å². The predicted molar refractivity (Wildman–Crippen MR) is 74.5 cm³/mol. The highest BCUT2D eigenvalue weighted by Crippen LogP contribution is 2.25. The third-order valence-corrected chi connectivity index (χ3v) is 4.66. The molecule has 2 rings (SSSR count). The Morgan fingerprint density at radius 1 is 1.42 bits per heavy atom. The summed E-state index contributed by atoms with van der Waals surface area (Å²) >= 11 is 5.89. The number of hydrogen-bond donors (Lipinski definition) is 1. The molecular weight excluding hydrogens is 286 g/mol. The first kappa shape index (κ1) is 14.5. The number of Topliss-reactive ketones (excluding diaryl/α,β-unsaturated/α-hetero) is 1. The lowest BCUT2D eigenvalue weighted by Gasteiger charge is -2.22. The summed E-state index contributed by atoms with van der Waals surface area (Å²) in [5.74, 6) is -0.317. The minimum absolute atomic E-state index is 0.0625. The molecule has 1 fully saturated rings. The zero-order valence-electron chi connectivity index (χ0n) is 10.6. The monoisotopic (exact) mass is 301 g/mol. The molecule has 1 heterocycles. The third kappa shape index (κ3) is 3.35. The van der Waals surface area contributed by atoms with E-state index in [4.69, 9.17) is 11.6 Å². The van der Waals surface area contributed by atoms with E-state index in [1.54, 1.807) is 0 Å². The van der Waals surface area contributed by atoms with Gasteiger partial charge in [0.25, 0.3) is 0 Å². The molecule has 0 aromatic heterocycles. The molecule has 1 aromatic rings. The standard InChI is InChI=1S/C13H16ClNO3S/c1-19(17,18)12-5-4-10(14)7-11(12)13(16)9-3-2-6-15-8-9/h4-5,7,9,15H,2-3,6,8H2,1H3. The zero-order valence-corrected chi connectivity index (χ0v) is 12.2.